The molecule has 2 aromatic heterocycles. The Bertz CT molecular complexity index is 710. The fourth-order valence-corrected chi connectivity index (χ4v) is 3.02. The van der Waals surface area contributed by atoms with Gasteiger partial charge in [-0.3, -0.25) is 4.98 Å². The van der Waals surface area contributed by atoms with E-state index in [-0.39, 0.29) is 0 Å². The average molecular weight is 290 g/mol. The number of rotatable bonds is 3. The third kappa shape index (κ3) is 2.69. The second-order valence-electron chi connectivity index (χ2n) is 4.28. The minimum atomic E-state index is 0.782. The van der Waals surface area contributed by atoms with Gasteiger partial charge in [-0.1, -0.05) is 23.7 Å². The van der Waals surface area contributed by atoms with E-state index in [0.29, 0.717) is 0 Å². The molecule has 3 rings (SSSR count). The van der Waals surface area contributed by atoms with Crippen LogP contribution in [0.15, 0.2) is 42.6 Å². The Morgan fingerprint density at radius 3 is 2.68 bits per heavy atom. The second-order valence-corrected chi connectivity index (χ2v) is 6.08. The predicted molar refractivity (Wildman–Crippen MR) is 81.0 cm³/mol. The molecule has 2 heterocycles. The molecule has 5 heteroatoms. The van der Waals surface area contributed by atoms with Gasteiger partial charge in [-0.25, -0.2) is 4.98 Å². The van der Waals surface area contributed by atoms with Crippen molar-refractivity contribution in [3.05, 3.63) is 51.8 Å². The Balaban J connectivity index is 1.86. The molecule has 0 aliphatic carbocycles. The molecule has 0 saturated carbocycles. The fourth-order valence-electron chi connectivity index (χ4n) is 1.88. The van der Waals surface area contributed by atoms with Gasteiger partial charge in [0.15, 0.2) is 0 Å². The SMILES string of the molecule is CN(Cc1ccc(Cl)s1)c1cnc2ccccc2n1. The lowest BCUT2D eigenvalue weighted by Gasteiger charge is -2.17. The molecule has 19 heavy (non-hydrogen) atoms. The molecule has 0 saturated heterocycles. The van der Waals surface area contributed by atoms with Crippen LogP contribution in [0.25, 0.3) is 11.0 Å². The highest BCUT2D eigenvalue weighted by atomic mass is 35.5. The van der Waals surface area contributed by atoms with Crippen LogP contribution in [-0.4, -0.2) is 17.0 Å². The Kier molecular flexibility index (Phi) is 3.36. The first-order valence-electron chi connectivity index (χ1n) is 5.89. The smallest absolute Gasteiger partial charge is 0.147 e. The number of hydrogen-bond acceptors (Lipinski definition) is 4. The molecule has 0 aliphatic heterocycles. The minimum Gasteiger partial charge on any atom is -0.353 e. The molecule has 0 N–H and O–H groups in total. The number of hydrogen-bond donors (Lipinski definition) is 0. The molecule has 0 bridgehead atoms. The first-order valence-corrected chi connectivity index (χ1v) is 7.09. The lowest BCUT2D eigenvalue weighted by Crippen LogP contribution is -2.17. The van der Waals surface area contributed by atoms with Crippen molar-refractivity contribution >= 4 is 39.8 Å². The molecular weight excluding hydrogens is 278 g/mol. The highest BCUT2D eigenvalue weighted by Crippen LogP contribution is 2.24. The van der Waals surface area contributed by atoms with Crippen molar-refractivity contribution in [2.24, 2.45) is 0 Å². The fraction of sp³-hybridized carbons (Fsp3) is 0.143. The van der Waals surface area contributed by atoms with E-state index in [1.807, 2.05) is 43.4 Å². The van der Waals surface area contributed by atoms with Crippen molar-refractivity contribution in [1.82, 2.24) is 9.97 Å². The normalized spacial score (nSPS) is 10.8. The van der Waals surface area contributed by atoms with Crippen molar-refractivity contribution in [2.75, 3.05) is 11.9 Å². The number of thiophene rings is 1. The van der Waals surface area contributed by atoms with Gasteiger partial charge in [0.2, 0.25) is 0 Å². The maximum atomic E-state index is 5.94. The van der Waals surface area contributed by atoms with Gasteiger partial charge in [0.1, 0.15) is 5.82 Å². The summed E-state index contributed by atoms with van der Waals surface area (Å²) in [7, 11) is 2.01. The Hall–Kier alpha value is -1.65. The molecule has 3 nitrogen and oxygen atoms in total. The highest BCUT2D eigenvalue weighted by Gasteiger charge is 2.07. The largest absolute Gasteiger partial charge is 0.353 e. The molecule has 1 aromatic carbocycles. The number of halogens is 1. The first kappa shape index (κ1) is 12.4. The van der Waals surface area contributed by atoms with E-state index in [1.165, 1.54) is 4.88 Å². The number of fused-ring (bicyclic) bond motifs is 1. The van der Waals surface area contributed by atoms with Gasteiger partial charge in [-0.05, 0) is 24.3 Å². The summed E-state index contributed by atoms with van der Waals surface area (Å²) >= 11 is 7.53. The summed E-state index contributed by atoms with van der Waals surface area (Å²) in [6.07, 6.45) is 1.80. The summed E-state index contributed by atoms with van der Waals surface area (Å²) in [5, 5.41) is 0. The van der Waals surface area contributed by atoms with E-state index in [1.54, 1.807) is 17.5 Å². The van der Waals surface area contributed by atoms with Crippen molar-refractivity contribution in [3.63, 3.8) is 0 Å². The number of anilines is 1. The van der Waals surface area contributed by atoms with Gasteiger partial charge >= 0.3 is 0 Å². The molecule has 3 aromatic rings. The van der Waals surface area contributed by atoms with Crippen LogP contribution in [0, 0.1) is 0 Å². The maximum absolute atomic E-state index is 5.94. The quantitative estimate of drug-likeness (QED) is 0.730. The van der Waals surface area contributed by atoms with E-state index in [2.05, 4.69) is 14.9 Å². The molecule has 0 aliphatic rings. The molecule has 0 amide bonds. The van der Waals surface area contributed by atoms with Gasteiger partial charge in [0.05, 0.1) is 28.1 Å². The van der Waals surface area contributed by atoms with Crippen molar-refractivity contribution in [3.8, 4) is 0 Å². The van der Waals surface area contributed by atoms with Crippen LogP contribution in [0.4, 0.5) is 5.82 Å². The topological polar surface area (TPSA) is 29.0 Å². The third-order valence-electron chi connectivity index (χ3n) is 2.85. The summed E-state index contributed by atoms with van der Waals surface area (Å²) in [5.74, 6) is 0.864. The lowest BCUT2D eigenvalue weighted by atomic mass is 10.3. The van der Waals surface area contributed by atoms with E-state index in [9.17, 15) is 0 Å². The summed E-state index contributed by atoms with van der Waals surface area (Å²) < 4.78 is 0.813. The highest BCUT2D eigenvalue weighted by molar-refractivity contribution is 7.16. The van der Waals surface area contributed by atoms with E-state index < -0.39 is 0 Å². The molecule has 0 atom stereocenters. The van der Waals surface area contributed by atoms with Crippen molar-refractivity contribution in [1.29, 1.82) is 0 Å². The van der Waals surface area contributed by atoms with E-state index in [0.717, 1.165) is 27.7 Å². The van der Waals surface area contributed by atoms with Crippen molar-refractivity contribution < 1.29 is 0 Å². The van der Waals surface area contributed by atoms with Crippen LogP contribution in [0.1, 0.15) is 4.88 Å². The lowest BCUT2D eigenvalue weighted by molar-refractivity contribution is 0.912. The standard InChI is InChI=1S/C14H12ClN3S/c1-18(9-10-6-7-13(15)19-10)14-8-16-11-4-2-3-5-12(11)17-14/h2-8H,9H2,1H3. The number of benzene rings is 1. The second kappa shape index (κ2) is 5.15. The molecular formula is C14H12ClN3S. The molecule has 96 valence electrons. The summed E-state index contributed by atoms with van der Waals surface area (Å²) in [5.41, 5.74) is 1.83. The Morgan fingerprint density at radius 1 is 1.16 bits per heavy atom. The average Bonchev–Trinajstić information content (AvgIpc) is 2.83. The summed E-state index contributed by atoms with van der Waals surface area (Å²) in [4.78, 5) is 12.3. The summed E-state index contributed by atoms with van der Waals surface area (Å²) in [6, 6.07) is 11.8. The Morgan fingerprint density at radius 2 is 1.95 bits per heavy atom. The molecule has 0 fully saturated rings. The van der Waals surface area contributed by atoms with Crippen LogP contribution >= 0.6 is 22.9 Å². The van der Waals surface area contributed by atoms with E-state index >= 15 is 0 Å². The zero-order chi connectivity index (χ0) is 13.2. The van der Waals surface area contributed by atoms with Crippen LogP contribution in [-0.2, 0) is 6.54 Å². The number of nitrogens with zero attached hydrogens (tertiary/aromatic N) is 3. The molecule has 0 radical (unpaired) electrons. The molecule has 0 spiro atoms. The zero-order valence-electron chi connectivity index (χ0n) is 10.4. The van der Waals surface area contributed by atoms with Crippen LogP contribution < -0.4 is 4.90 Å². The van der Waals surface area contributed by atoms with Gasteiger partial charge in [0, 0.05) is 11.9 Å². The monoisotopic (exact) mass is 289 g/mol. The minimum absolute atomic E-state index is 0.782. The maximum Gasteiger partial charge on any atom is 0.147 e. The first-order chi connectivity index (χ1) is 9.22. The number of para-hydroxylation sites is 2. The van der Waals surface area contributed by atoms with Crippen LogP contribution in [0.5, 0.6) is 0 Å². The van der Waals surface area contributed by atoms with Crippen LogP contribution in [0.3, 0.4) is 0 Å². The number of aromatic nitrogens is 2. The summed E-state index contributed by atoms with van der Waals surface area (Å²) in [6.45, 7) is 0.782. The Labute approximate surface area is 120 Å². The van der Waals surface area contributed by atoms with E-state index in [4.69, 9.17) is 11.6 Å². The van der Waals surface area contributed by atoms with Gasteiger partial charge in [0.25, 0.3) is 0 Å². The zero-order valence-corrected chi connectivity index (χ0v) is 11.9. The van der Waals surface area contributed by atoms with Gasteiger partial charge in [-0.15, -0.1) is 11.3 Å². The van der Waals surface area contributed by atoms with Crippen molar-refractivity contribution in [2.45, 2.75) is 6.54 Å². The predicted octanol–water partition coefficient (Wildman–Crippen LogP) is 3.98. The van der Waals surface area contributed by atoms with Gasteiger partial charge in [-0.2, -0.15) is 0 Å². The molecule has 0 unspecified atom stereocenters. The van der Waals surface area contributed by atoms with Crippen LogP contribution in [0.2, 0.25) is 4.34 Å². The third-order valence-corrected chi connectivity index (χ3v) is 4.06. The van der Waals surface area contributed by atoms with Gasteiger partial charge < -0.3 is 4.90 Å².